The van der Waals surface area contributed by atoms with Crippen molar-refractivity contribution in [3.05, 3.63) is 34.1 Å². The Bertz CT molecular complexity index is 536. The lowest BCUT2D eigenvalue weighted by molar-refractivity contribution is 0.262. The highest BCUT2D eigenvalue weighted by molar-refractivity contribution is 9.10. The molecule has 0 spiro atoms. The van der Waals surface area contributed by atoms with Crippen molar-refractivity contribution in [2.24, 2.45) is 0 Å². The van der Waals surface area contributed by atoms with Crippen LogP contribution < -0.4 is 0 Å². The van der Waals surface area contributed by atoms with Crippen molar-refractivity contribution in [3.8, 4) is 0 Å². The van der Waals surface area contributed by atoms with Crippen LogP contribution in [0.2, 0.25) is 0 Å². The maximum atomic E-state index is 12.9. The number of tetrazole rings is 1. The number of aliphatic hydroxyl groups excluding tert-OH is 1. The maximum Gasteiger partial charge on any atom is 0.209 e. The van der Waals surface area contributed by atoms with Crippen molar-refractivity contribution >= 4 is 27.7 Å². The quantitative estimate of drug-likeness (QED) is 0.846. The summed E-state index contributed by atoms with van der Waals surface area (Å²) in [5.41, 5.74) is 0.958. The Kier molecular flexibility index (Phi) is 4.67. The van der Waals surface area contributed by atoms with Crippen molar-refractivity contribution in [2.75, 3.05) is 6.61 Å². The zero-order valence-corrected chi connectivity index (χ0v) is 11.7. The highest BCUT2D eigenvalue weighted by atomic mass is 79.9. The average Bonchev–Trinajstić information content (AvgIpc) is 2.76. The molecule has 1 heterocycles. The van der Waals surface area contributed by atoms with E-state index in [0.29, 0.717) is 17.5 Å². The molecule has 96 valence electrons. The molecule has 0 aliphatic carbocycles. The predicted octanol–water partition coefficient (Wildman–Crippen LogP) is 1.86. The summed E-state index contributed by atoms with van der Waals surface area (Å²) in [5.74, 6) is 0.341. The molecule has 8 heteroatoms. The minimum absolute atomic E-state index is 0.0150. The van der Waals surface area contributed by atoms with Gasteiger partial charge in [0, 0.05) is 10.2 Å². The van der Waals surface area contributed by atoms with E-state index in [-0.39, 0.29) is 12.4 Å². The number of thioether (sulfide) groups is 1. The summed E-state index contributed by atoms with van der Waals surface area (Å²) in [6, 6.07) is 4.55. The average molecular weight is 333 g/mol. The van der Waals surface area contributed by atoms with Gasteiger partial charge in [0.25, 0.3) is 0 Å². The van der Waals surface area contributed by atoms with Gasteiger partial charge in [-0.05, 0) is 28.1 Å². The van der Waals surface area contributed by atoms with E-state index in [1.54, 1.807) is 6.07 Å². The van der Waals surface area contributed by atoms with Crippen LogP contribution >= 0.6 is 27.7 Å². The topological polar surface area (TPSA) is 63.8 Å². The Morgan fingerprint density at radius 3 is 3.00 bits per heavy atom. The van der Waals surface area contributed by atoms with Gasteiger partial charge in [-0.25, -0.2) is 9.07 Å². The fraction of sp³-hybridized carbons (Fsp3) is 0.300. The Morgan fingerprint density at radius 1 is 1.44 bits per heavy atom. The number of rotatable bonds is 5. The number of aliphatic hydroxyl groups is 1. The summed E-state index contributed by atoms with van der Waals surface area (Å²) >= 11 is 4.74. The van der Waals surface area contributed by atoms with E-state index in [9.17, 15) is 4.39 Å². The van der Waals surface area contributed by atoms with Crippen LogP contribution in [0.4, 0.5) is 4.39 Å². The molecule has 0 unspecified atom stereocenters. The van der Waals surface area contributed by atoms with Crippen LogP contribution in [0.25, 0.3) is 0 Å². The van der Waals surface area contributed by atoms with Crippen molar-refractivity contribution in [1.82, 2.24) is 20.2 Å². The second-order valence-corrected chi connectivity index (χ2v) is 5.23. The second-order valence-electron chi connectivity index (χ2n) is 3.43. The van der Waals surface area contributed by atoms with Gasteiger partial charge in [-0.3, -0.25) is 0 Å². The summed E-state index contributed by atoms with van der Waals surface area (Å²) < 4.78 is 15.2. The van der Waals surface area contributed by atoms with Gasteiger partial charge < -0.3 is 5.11 Å². The molecule has 0 atom stereocenters. The second kappa shape index (κ2) is 6.26. The molecule has 0 bridgehead atoms. The lowest BCUT2D eigenvalue weighted by atomic mass is 10.2. The molecule has 0 aliphatic heterocycles. The van der Waals surface area contributed by atoms with Gasteiger partial charge in [0.15, 0.2) is 0 Å². The molecule has 0 radical (unpaired) electrons. The lowest BCUT2D eigenvalue weighted by Gasteiger charge is -2.04. The van der Waals surface area contributed by atoms with E-state index in [4.69, 9.17) is 5.11 Å². The standard InChI is InChI=1S/C10H10BrFN4OS/c11-9-5-8(12)2-1-7(9)6-18-10-13-14-15-16(10)3-4-17/h1-2,5,17H,3-4,6H2. The molecular formula is C10H10BrFN4OS. The summed E-state index contributed by atoms with van der Waals surface area (Å²) in [5, 5.41) is 20.6. The van der Waals surface area contributed by atoms with Crippen molar-refractivity contribution < 1.29 is 9.50 Å². The van der Waals surface area contributed by atoms with Gasteiger partial charge in [0.1, 0.15) is 5.82 Å². The Hall–Kier alpha value is -0.990. The fourth-order valence-electron chi connectivity index (χ4n) is 1.32. The van der Waals surface area contributed by atoms with Crippen molar-refractivity contribution in [3.63, 3.8) is 0 Å². The first-order chi connectivity index (χ1) is 8.70. The summed E-state index contributed by atoms with van der Waals surface area (Å²) in [6.45, 7) is 0.346. The molecule has 0 saturated heterocycles. The zero-order valence-electron chi connectivity index (χ0n) is 9.25. The predicted molar refractivity (Wildman–Crippen MR) is 68.6 cm³/mol. The van der Waals surface area contributed by atoms with Crippen molar-refractivity contribution in [2.45, 2.75) is 17.5 Å². The molecule has 0 aliphatic rings. The zero-order chi connectivity index (χ0) is 13.0. The molecular weight excluding hydrogens is 323 g/mol. The van der Waals surface area contributed by atoms with Crippen LogP contribution in [0, 0.1) is 5.82 Å². The monoisotopic (exact) mass is 332 g/mol. The smallest absolute Gasteiger partial charge is 0.209 e. The molecule has 0 amide bonds. The van der Waals surface area contributed by atoms with Gasteiger partial charge >= 0.3 is 0 Å². The third-order valence-electron chi connectivity index (χ3n) is 2.18. The molecule has 2 aromatic rings. The summed E-state index contributed by atoms with van der Waals surface area (Å²) in [6.07, 6.45) is 0. The minimum Gasteiger partial charge on any atom is -0.394 e. The third-order valence-corrected chi connectivity index (χ3v) is 3.93. The molecule has 0 saturated carbocycles. The van der Waals surface area contributed by atoms with Crippen LogP contribution in [-0.2, 0) is 12.3 Å². The van der Waals surface area contributed by atoms with Crippen LogP contribution in [0.15, 0.2) is 27.8 Å². The van der Waals surface area contributed by atoms with E-state index in [0.717, 1.165) is 10.0 Å². The summed E-state index contributed by atoms with van der Waals surface area (Å²) in [4.78, 5) is 0. The molecule has 5 nitrogen and oxygen atoms in total. The maximum absolute atomic E-state index is 12.9. The van der Waals surface area contributed by atoms with Crippen molar-refractivity contribution in [1.29, 1.82) is 0 Å². The normalized spacial score (nSPS) is 10.8. The van der Waals surface area contributed by atoms with E-state index in [1.807, 2.05) is 0 Å². The van der Waals surface area contributed by atoms with Gasteiger partial charge in [0.05, 0.1) is 13.2 Å². The van der Waals surface area contributed by atoms with E-state index < -0.39 is 0 Å². The molecule has 2 rings (SSSR count). The van der Waals surface area contributed by atoms with E-state index >= 15 is 0 Å². The number of hydrogen-bond acceptors (Lipinski definition) is 5. The Balaban J connectivity index is 2.04. The highest BCUT2D eigenvalue weighted by Gasteiger charge is 2.08. The minimum atomic E-state index is -0.277. The molecule has 18 heavy (non-hydrogen) atoms. The van der Waals surface area contributed by atoms with Gasteiger partial charge in [-0.15, -0.1) is 5.10 Å². The molecule has 1 N–H and O–H groups in total. The molecule has 1 aromatic carbocycles. The van der Waals surface area contributed by atoms with Gasteiger partial charge in [-0.1, -0.05) is 33.8 Å². The fourth-order valence-corrected chi connectivity index (χ4v) is 2.90. The van der Waals surface area contributed by atoms with E-state index in [1.165, 1.54) is 28.6 Å². The summed E-state index contributed by atoms with van der Waals surface area (Å²) in [7, 11) is 0. The third kappa shape index (κ3) is 3.27. The first-order valence-electron chi connectivity index (χ1n) is 5.14. The Morgan fingerprint density at radius 2 is 2.28 bits per heavy atom. The number of hydrogen-bond donors (Lipinski definition) is 1. The first-order valence-corrected chi connectivity index (χ1v) is 6.92. The van der Waals surface area contributed by atoms with Crippen LogP contribution in [0.3, 0.4) is 0 Å². The largest absolute Gasteiger partial charge is 0.394 e. The first kappa shape index (κ1) is 13.4. The highest BCUT2D eigenvalue weighted by Crippen LogP contribution is 2.25. The number of nitrogens with zero attached hydrogens (tertiary/aromatic N) is 4. The number of aromatic nitrogens is 4. The number of halogens is 2. The molecule has 0 fully saturated rings. The number of benzene rings is 1. The van der Waals surface area contributed by atoms with Crippen LogP contribution in [0.1, 0.15) is 5.56 Å². The SMILES string of the molecule is OCCn1nnnc1SCc1ccc(F)cc1Br. The lowest BCUT2D eigenvalue weighted by Crippen LogP contribution is -2.05. The van der Waals surface area contributed by atoms with Crippen LogP contribution in [-0.4, -0.2) is 31.9 Å². The van der Waals surface area contributed by atoms with Gasteiger partial charge in [-0.2, -0.15) is 0 Å². The van der Waals surface area contributed by atoms with E-state index in [2.05, 4.69) is 31.5 Å². The van der Waals surface area contributed by atoms with Gasteiger partial charge in [0.2, 0.25) is 5.16 Å². The Labute approximate surface area is 116 Å². The van der Waals surface area contributed by atoms with Crippen LogP contribution in [0.5, 0.6) is 0 Å². The molecule has 1 aromatic heterocycles.